The highest BCUT2D eigenvalue weighted by Crippen LogP contribution is 2.32. The fraction of sp³-hybridized carbons (Fsp3) is 0.647. The minimum absolute atomic E-state index is 0.000171. The van der Waals surface area contributed by atoms with Gasteiger partial charge in [-0.1, -0.05) is 19.3 Å². The number of nitrogens with one attached hydrogen (secondary N) is 1. The van der Waals surface area contributed by atoms with Crippen molar-refractivity contribution in [2.24, 2.45) is 5.14 Å². The van der Waals surface area contributed by atoms with Crippen LogP contribution in [0.15, 0.2) is 27.6 Å². The SMILES string of the molecule is NS(=O)(=O)[C@H]1CCCN(c2ccc(S(=O)(=O)NC3CCCCC3)cc2Br)C1. The molecular weight excluding hydrogens is 454 g/mol. The Bertz CT molecular complexity index is 883. The van der Waals surface area contributed by atoms with Gasteiger partial charge in [0.1, 0.15) is 0 Å². The average molecular weight is 480 g/mol. The Morgan fingerprint density at radius 3 is 2.37 bits per heavy atom. The van der Waals surface area contributed by atoms with Crippen LogP contribution in [0.1, 0.15) is 44.9 Å². The van der Waals surface area contributed by atoms with Gasteiger partial charge in [0.2, 0.25) is 20.0 Å². The smallest absolute Gasteiger partial charge is 0.240 e. The molecule has 3 N–H and O–H groups in total. The predicted octanol–water partition coefficient (Wildman–Crippen LogP) is 2.32. The first-order valence-electron chi connectivity index (χ1n) is 9.25. The van der Waals surface area contributed by atoms with Crippen molar-refractivity contribution in [3.05, 3.63) is 22.7 Å². The molecule has 10 heteroatoms. The number of halogens is 1. The highest BCUT2D eigenvalue weighted by atomic mass is 79.9. The summed E-state index contributed by atoms with van der Waals surface area (Å²) < 4.78 is 52.1. The molecule has 0 spiro atoms. The summed E-state index contributed by atoms with van der Waals surface area (Å²) in [5, 5.41) is 4.70. The van der Waals surface area contributed by atoms with Gasteiger partial charge in [0.25, 0.3) is 0 Å². The lowest BCUT2D eigenvalue weighted by Gasteiger charge is -2.34. The lowest BCUT2D eigenvalue weighted by atomic mass is 9.96. The van der Waals surface area contributed by atoms with Crippen molar-refractivity contribution in [3.63, 3.8) is 0 Å². The summed E-state index contributed by atoms with van der Waals surface area (Å²) in [7, 11) is -7.17. The normalized spacial score (nSPS) is 22.7. The van der Waals surface area contributed by atoms with Crippen molar-refractivity contribution in [1.29, 1.82) is 0 Å². The molecule has 1 saturated carbocycles. The molecule has 27 heavy (non-hydrogen) atoms. The van der Waals surface area contributed by atoms with E-state index in [0.29, 0.717) is 24.0 Å². The monoisotopic (exact) mass is 479 g/mol. The number of piperidine rings is 1. The Hall–Kier alpha value is -0.680. The zero-order valence-corrected chi connectivity index (χ0v) is 18.3. The van der Waals surface area contributed by atoms with Gasteiger partial charge in [-0.15, -0.1) is 0 Å². The molecule has 3 rings (SSSR count). The first kappa shape index (κ1) is 21.0. The van der Waals surface area contributed by atoms with Crippen LogP contribution in [0.4, 0.5) is 5.69 Å². The van der Waals surface area contributed by atoms with Gasteiger partial charge in [-0.25, -0.2) is 26.7 Å². The molecule has 1 aromatic carbocycles. The maximum absolute atomic E-state index is 12.7. The van der Waals surface area contributed by atoms with Crippen LogP contribution >= 0.6 is 15.9 Å². The minimum Gasteiger partial charge on any atom is -0.369 e. The van der Waals surface area contributed by atoms with Crippen molar-refractivity contribution in [1.82, 2.24) is 4.72 Å². The number of hydrogen-bond donors (Lipinski definition) is 2. The van der Waals surface area contributed by atoms with E-state index in [-0.39, 0.29) is 10.9 Å². The zero-order chi connectivity index (χ0) is 19.7. The molecular formula is C17H26BrN3O4S2. The van der Waals surface area contributed by atoms with Crippen LogP contribution in [0.25, 0.3) is 0 Å². The third-order valence-electron chi connectivity index (χ3n) is 5.34. The fourth-order valence-corrected chi connectivity index (χ4v) is 6.84. The maximum atomic E-state index is 12.7. The van der Waals surface area contributed by atoms with Crippen LogP contribution in [0.2, 0.25) is 0 Å². The third-order valence-corrected chi connectivity index (χ3v) is 8.81. The minimum atomic E-state index is -3.59. The van der Waals surface area contributed by atoms with Crippen molar-refractivity contribution in [3.8, 4) is 0 Å². The first-order chi connectivity index (χ1) is 12.7. The Balaban J connectivity index is 1.77. The average Bonchev–Trinajstić information content (AvgIpc) is 2.61. The molecule has 0 bridgehead atoms. The molecule has 1 saturated heterocycles. The van der Waals surface area contributed by atoms with E-state index in [1.54, 1.807) is 18.2 Å². The van der Waals surface area contributed by atoms with E-state index < -0.39 is 25.3 Å². The van der Waals surface area contributed by atoms with Crippen molar-refractivity contribution in [2.75, 3.05) is 18.0 Å². The third kappa shape index (κ3) is 5.23. The maximum Gasteiger partial charge on any atom is 0.240 e. The summed E-state index contributed by atoms with van der Waals surface area (Å²) in [5.74, 6) is 0. The number of anilines is 1. The molecule has 0 radical (unpaired) electrons. The largest absolute Gasteiger partial charge is 0.369 e. The second-order valence-corrected chi connectivity index (χ2v) is 11.8. The van der Waals surface area contributed by atoms with Crippen LogP contribution in [0, 0.1) is 0 Å². The van der Waals surface area contributed by atoms with Gasteiger partial charge >= 0.3 is 0 Å². The van der Waals surface area contributed by atoms with Gasteiger partial charge in [-0.3, -0.25) is 0 Å². The highest BCUT2D eigenvalue weighted by molar-refractivity contribution is 9.10. The summed E-state index contributed by atoms with van der Waals surface area (Å²) in [4.78, 5) is 2.15. The first-order valence-corrected chi connectivity index (χ1v) is 13.1. The van der Waals surface area contributed by atoms with Crippen molar-refractivity contribution < 1.29 is 16.8 Å². The lowest BCUT2D eigenvalue weighted by molar-refractivity contribution is 0.412. The molecule has 152 valence electrons. The highest BCUT2D eigenvalue weighted by Gasteiger charge is 2.29. The van der Waals surface area contributed by atoms with E-state index in [2.05, 4.69) is 20.7 Å². The van der Waals surface area contributed by atoms with Crippen LogP contribution in [0.3, 0.4) is 0 Å². The Labute approximate surface area is 169 Å². The predicted molar refractivity (Wildman–Crippen MR) is 110 cm³/mol. The second-order valence-electron chi connectivity index (χ2n) is 7.37. The van der Waals surface area contributed by atoms with Crippen LogP contribution in [-0.4, -0.2) is 41.2 Å². The Morgan fingerprint density at radius 1 is 1.04 bits per heavy atom. The zero-order valence-electron chi connectivity index (χ0n) is 15.1. The lowest BCUT2D eigenvalue weighted by Crippen LogP contribution is -2.44. The number of rotatable bonds is 5. The van der Waals surface area contributed by atoms with E-state index in [4.69, 9.17) is 5.14 Å². The molecule has 1 aromatic rings. The van der Waals surface area contributed by atoms with Gasteiger partial charge < -0.3 is 4.90 Å². The van der Waals surface area contributed by atoms with Crippen molar-refractivity contribution in [2.45, 2.75) is 61.1 Å². The van der Waals surface area contributed by atoms with E-state index in [9.17, 15) is 16.8 Å². The van der Waals surface area contributed by atoms with E-state index in [0.717, 1.165) is 44.2 Å². The van der Waals surface area contributed by atoms with Gasteiger partial charge in [0, 0.05) is 23.6 Å². The summed E-state index contributed by atoms with van der Waals surface area (Å²) in [6, 6.07) is 4.89. The van der Waals surface area contributed by atoms with Gasteiger partial charge in [-0.2, -0.15) is 0 Å². The van der Waals surface area contributed by atoms with E-state index in [1.165, 1.54) is 0 Å². The molecule has 1 atom stereocenters. The molecule has 2 aliphatic rings. The summed E-state index contributed by atoms with van der Waals surface area (Å²) in [6.45, 7) is 1.01. The fourth-order valence-electron chi connectivity index (χ4n) is 3.84. The number of hydrogen-bond acceptors (Lipinski definition) is 5. The number of nitrogens with two attached hydrogens (primary N) is 1. The molecule has 1 aliphatic carbocycles. The molecule has 1 heterocycles. The summed E-state index contributed by atoms with van der Waals surface area (Å²) >= 11 is 3.46. The molecule has 7 nitrogen and oxygen atoms in total. The van der Waals surface area contributed by atoms with E-state index >= 15 is 0 Å². The summed E-state index contributed by atoms with van der Waals surface area (Å²) in [5.41, 5.74) is 0.778. The standard InChI is InChI=1S/C17H26BrN3O4S2/c18-16-11-14(27(24,25)20-13-5-2-1-3-6-13)8-9-17(16)21-10-4-7-15(12-21)26(19,22)23/h8-9,11,13,15,20H,1-7,10,12H2,(H2,19,22,23)/t15-/m0/s1. The van der Waals surface area contributed by atoms with Crippen LogP contribution < -0.4 is 14.8 Å². The topological polar surface area (TPSA) is 110 Å². The van der Waals surface area contributed by atoms with E-state index in [1.807, 2.05) is 4.90 Å². The van der Waals surface area contributed by atoms with Gasteiger partial charge in [-0.05, 0) is 59.8 Å². The molecule has 0 unspecified atom stereocenters. The van der Waals surface area contributed by atoms with Crippen LogP contribution in [-0.2, 0) is 20.0 Å². The quantitative estimate of drug-likeness (QED) is 0.672. The van der Waals surface area contributed by atoms with Crippen molar-refractivity contribution >= 4 is 41.7 Å². The number of primary sulfonamides is 1. The molecule has 1 aliphatic heterocycles. The Morgan fingerprint density at radius 2 is 1.74 bits per heavy atom. The second kappa shape index (κ2) is 8.36. The van der Waals surface area contributed by atoms with Gasteiger partial charge in [0.15, 0.2) is 0 Å². The number of sulfonamides is 2. The molecule has 0 aromatic heterocycles. The summed E-state index contributed by atoms with van der Waals surface area (Å²) in [6.07, 6.45) is 6.28. The number of nitrogens with zero attached hydrogens (tertiary/aromatic N) is 1. The van der Waals surface area contributed by atoms with Gasteiger partial charge in [0.05, 0.1) is 15.8 Å². The van der Waals surface area contributed by atoms with Crippen LogP contribution in [0.5, 0.6) is 0 Å². The Kier molecular flexibility index (Phi) is 6.52. The number of benzene rings is 1. The molecule has 2 fully saturated rings. The molecule has 0 amide bonds.